The van der Waals surface area contributed by atoms with Crippen LogP contribution in [0.4, 0.5) is 0 Å². The first kappa shape index (κ1) is 14.8. The summed E-state index contributed by atoms with van der Waals surface area (Å²) < 4.78 is 5.81. The van der Waals surface area contributed by atoms with Crippen molar-refractivity contribution in [1.82, 2.24) is 4.90 Å². The number of morpholine rings is 1. The van der Waals surface area contributed by atoms with E-state index >= 15 is 0 Å². The highest BCUT2D eigenvalue weighted by atomic mass is 35.5. The van der Waals surface area contributed by atoms with E-state index in [2.05, 4.69) is 0 Å². The van der Waals surface area contributed by atoms with Crippen molar-refractivity contribution in [1.29, 1.82) is 0 Å². The fourth-order valence-corrected chi connectivity index (χ4v) is 3.38. The van der Waals surface area contributed by atoms with Gasteiger partial charge in [0.15, 0.2) is 0 Å². The van der Waals surface area contributed by atoms with E-state index in [-0.39, 0.29) is 24.0 Å². The van der Waals surface area contributed by atoms with Gasteiger partial charge in [-0.1, -0.05) is 30.2 Å². The minimum absolute atomic E-state index is 0.00559. The molecule has 5 heteroatoms. The van der Waals surface area contributed by atoms with Crippen molar-refractivity contribution < 1.29 is 9.53 Å². The highest BCUT2D eigenvalue weighted by Gasteiger charge is 2.35. The minimum Gasteiger partial charge on any atom is -0.370 e. The van der Waals surface area contributed by atoms with Crippen LogP contribution in [0.15, 0.2) is 24.3 Å². The first-order chi connectivity index (χ1) is 10.1. The van der Waals surface area contributed by atoms with Crippen LogP contribution in [0.5, 0.6) is 0 Å². The molecular weight excluding hydrogens is 288 g/mol. The van der Waals surface area contributed by atoms with Crippen molar-refractivity contribution >= 4 is 17.5 Å². The molecule has 3 unspecified atom stereocenters. The summed E-state index contributed by atoms with van der Waals surface area (Å²) in [6, 6.07) is 7.65. The second-order valence-electron chi connectivity index (χ2n) is 5.90. The molecule has 1 aromatic carbocycles. The lowest BCUT2D eigenvalue weighted by Gasteiger charge is -2.35. The van der Waals surface area contributed by atoms with Crippen LogP contribution < -0.4 is 5.73 Å². The molecule has 0 spiro atoms. The molecule has 1 aliphatic heterocycles. The molecule has 0 radical (unpaired) electrons. The molecule has 2 aliphatic rings. The highest BCUT2D eigenvalue weighted by Crippen LogP contribution is 2.29. The number of amides is 1. The Morgan fingerprint density at radius 3 is 2.71 bits per heavy atom. The number of halogens is 1. The molecule has 21 heavy (non-hydrogen) atoms. The number of benzene rings is 1. The van der Waals surface area contributed by atoms with E-state index in [4.69, 9.17) is 22.1 Å². The third-order valence-electron chi connectivity index (χ3n) is 4.51. The van der Waals surface area contributed by atoms with Gasteiger partial charge in [0.25, 0.3) is 0 Å². The van der Waals surface area contributed by atoms with Gasteiger partial charge in [0.05, 0.1) is 19.1 Å². The molecule has 114 valence electrons. The quantitative estimate of drug-likeness (QED) is 0.912. The Kier molecular flexibility index (Phi) is 4.48. The van der Waals surface area contributed by atoms with Gasteiger partial charge in [0.2, 0.25) is 5.91 Å². The van der Waals surface area contributed by atoms with Gasteiger partial charge in [-0.15, -0.1) is 0 Å². The van der Waals surface area contributed by atoms with E-state index in [9.17, 15) is 4.79 Å². The molecule has 1 heterocycles. The van der Waals surface area contributed by atoms with Gasteiger partial charge >= 0.3 is 0 Å². The summed E-state index contributed by atoms with van der Waals surface area (Å²) in [6.07, 6.45) is 2.87. The fraction of sp³-hybridized carbons (Fsp3) is 0.562. The molecule has 0 bridgehead atoms. The van der Waals surface area contributed by atoms with Gasteiger partial charge in [0.1, 0.15) is 6.10 Å². The number of hydrogen-bond acceptors (Lipinski definition) is 3. The monoisotopic (exact) mass is 308 g/mol. The highest BCUT2D eigenvalue weighted by molar-refractivity contribution is 6.30. The molecular formula is C16H21ClN2O2. The summed E-state index contributed by atoms with van der Waals surface area (Å²) in [5.74, 6) is 0.191. The number of carbonyl (C=O) groups excluding carboxylic acids is 1. The maximum absolute atomic E-state index is 12.6. The van der Waals surface area contributed by atoms with E-state index < -0.39 is 0 Å². The Hall–Kier alpha value is -1.10. The molecule has 1 aromatic rings. The van der Waals surface area contributed by atoms with Crippen LogP contribution in [0.3, 0.4) is 0 Å². The number of hydrogen-bond donors (Lipinski definition) is 1. The van der Waals surface area contributed by atoms with Crippen LogP contribution in [0.1, 0.15) is 30.9 Å². The maximum Gasteiger partial charge on any atom is 0.227 e. The van der Waals surface area contributed by atoms with Crippen LogP contribution >= 0.6 is 11.6 Å². The zero-order chi connectivity index (χ0) is 14.8. The van der Waals surface area contributed by atoms with Gasteiger partial charge in [0, 0.05) is 17.6 Å². The third kappa shape index (κ3) is 3.23. The van der Waals surface area contributed by atoms with Crippen LogP contribution in [-0.4, -0.2) is 36.5 Å². The van der Waals surface area contributed by atoms with Crippen molar-refractivity contribution in [2.75, 3.05) is 19.7 Å². The Bertz CT molecular complexity index is 506. The molecule has 4 nitrogen and oxygen atoms in total. The Morgan fingerprint density at radius 1 is 1.29 bits per heavy atom. The van der Waals surface area contributed by atoms with Gasteiger partial charge < -0.3 is 15.4 Å². The molecule has 1 aliphatic carbocycles. The minimum atomic E-state index is -0.0717. The lowest BCUT2D eigenvalue weighted by Crippen LogP contribution is -2.47. The Balaban J connectivity index is 1.68. The second kappa shape index (κ2) is 6.34. The molecule has 1 amide bonds. The van der Waals surface area contributed by atoms with Crippen molar-refractivity contribution in [2.45, 2.75) is 31.4 Å². The first-order valence-electron chi connectivity index (χ1n) is 7.56. The standard InChI is InChI=1S/C16H21ClN2O2/c17-12-6-4-11(5-7-12)15-10-19(8-9-21-15)16(20)13-2-1-3-14(13)18/h4-7,13-15H,1-3,8-10,18H2. The van der Waals surface area contributed by atoms with E-state index in [1.165, 1.54) is 0 Å². The molecule has 2 N–H and O–H groups in total. The van der Waals surface area contributed by atoms with Crippen molar-refractivity contribution in [3.8, 4) is 0 Å². The molecule has 2 fully saturated rings. The summed E-state index contributed by atoms with van der Waals surface area (Å²) >= 11 is 5.91. The largest absolute Gasteiger partial charge is 0.370 e. The van der Waals surface area contributed by atoms with E-state index in [1.54, 1.807) is 0 Å². The van der Waals surface area contributed by atoms with E-state index in [0.717, 1.165) is 24.8 Å². The lowest BCUT2D eigenvalue weighted by molar-refractivity contribution is -0.143. The SMILES string of the molecule is NC1CCCC1C(=O)N1CCOC(c2ccc(Cl)cc2)C1. The van der Waals surface area contributed by atoms with Crippen LogP contribution in [0, 0.1) is 5.92 Å². The molecule has 0 aromatic heterocycles. The van der Waals surface area contributed by atoms with Crippen molar-refractivity contribution in [3.63, 3.8) is 0 Å². The summed E-state index contributed by atoms with van der Waals surface area (Å²) in [6.45, 7) is 1.83. The Morgan fingerprint density at radius 2 is 2.05 bits per heavy atom. The summed E-state index contributed by atoms with van der Waals surface area (Å²) in [4.78, 5) is 14.5. The number of rotatable bonds is 2. The summed E-state index contributed by atoms with van der Waals surface area (Å²) in [7, 11) is 0. The maximum atomic E-state index is 12.6. The molecule has 1 saturated carbocycles. The van der Waals surface area contributed by atoms with Crippen LogP contribution in [0.25, 0.3) is 0 Å². The normalized spacial score (nSPS) is 29.6. The number of carbonyl (C=O) groups is 1. The van der Waals surface area contributed by atoms with Crippen LogP contribution in [0.2, 0.25) is 5.02 Å². The number of nitrogens with zero attached hydrogens (tertiary/aromatic N) is 1. The van der Waals surface area contributed by atoms with Crippen LogP contribution in [-0.2, 0) is 9.53 Å². The predicted molar refractivity (Wildman–Crippen MR) is 82.0 cm³/mol. The average molecular weight is 309 g/mol. The first-order valence-corrected chi connectivity index (χ1v) is 7.94. The smallest absolute Gasteiger partial charge is 0.227 e. The zero-order valence-electron chi connectivity index (χ0n) is 12.0. The topological polar surface area (TPSA) is 55.6 Å². The third-order valence-corrected chi connectivity index (χ3v) is 4.76. The molecule has 3 atom stereocenters. The number of ether oxygens (including phenoxy) is 1. The van der Waals surface area contributed by atoms with Crippen molar-refractivity contribution in [3.05, 3.63) is 34.9 Å². The summed E-state index contributed by atoms with van der Waals surface area (Å²) in [5.41, 5.74) is 7.12. The predicted octanol–water partition coefficient (Wildman–Crippen LogP) is 2.37. The summed E-state index contributed by atoms with van der Waals surface area (Å²) in [5, 5.41) is 0.708. The Labute approximate surface area is 130 Å². The number of nitrogens with two attached hydrogens (primary N) is 1. The van der Waals surface area contributed by atoms with Gasteiger partial charge in [-0.3, -0.25) is 4.79 Å². The fourth-order valence-electron chi connectivity index (χ4n) is 3.26. The van der Waals surface area contributed by atoms with Gasteiger partial charge in [-0.2, -0.15) is 0 Å². The van der Waals surface area contributed by atoms with E-state index in [1.807, 2.05) is 29.2 Å². The van der Waals surface area contributed by atoms with Gasteiger partial charge in [-0.25, -0.2) is 0 Å². The molecule has 3 rings (SSSR count). The lowest BCUT2D eigenvalue weighted by atomic mass is 10.0. The van der Waals surface area contributed by atoms with Gasteiger partial charge in [-0.05, 0) is 30.5 Å². The average Bonchev–Trinajstić information content (AvgIpc) is 2.93. The second-order valence-corrected chi connectivity index (χ2v) is 6.33. The zero-order valence-corrected chi connectivity index (χ0v) is 12.8. The van der Waals surface area contributed by atoms with E-state index in [0.29, 0.717) is 24.7 Å². The van der Waals surface area contributed by atoms with Crippen molar-refractivity contribution in [2.24, 2.45) is 11.7 Å². The molecule has 1 saturated heterocycles.